The highest BCUT2D eigenvalue weighted by Crippen LogP contribution is 2.28. The number of halogens is 1. The predicted octanol–water partition coefficient (Wildman–Crippen LogP) is 2.73. The Morgan fingerprint density at radius 1 is 1.21 bits per heavy atom. The monoisotopic (exact) mass is 330 g/mol. The van der Waals surface area contributed by atoms with Crippen LogP contribution in [0.15, 0.2) is 47.3 Å². The Hall–Kier alpha value is -2.63. The molecule has 1 aliphatic rings. The number of nitrogens with one attached hydrogen (secondary N) is 1. The number of furan rings is 1. The van der Waals surface area contributed by atoms with Crippen molar-refractivity contribution in [1.29, 1.82) is 0 Å². The first kappa shape index (κ1) is 16.2. The molecule has 1 N–H and O–H groups in total. The molecule has 0 bridgehead atoms. The lowest BCUT2D eigenvalue weighted by Crippen LogP contribution is -2.36. The molecule has 6 heteroatoms. The topological polar surface area (TPSA) is 62.6 Å². The lowest BCUT2D eigenvalue weighted by molar-refractivity contribution is -0.121. The van der Waals surface area contributed by atoms with Gasteiger partial charge in [0, 0.05) is 25.6 Å². The van der Waals surface area contributed by atoms with Gasteiger partial charge in [-0.3, -0.25) is 9.59 Å². The Morgan fingerprint density at radius 2 is 1.96 bits per heavy atom. The molecule has 0 saturated heterocycles. The van der Waals surface area contributed by atoms with Gasteiger partial charge in [0.2, 0.25) is 5.91 Å². The second-order valence-corrected chi connectivity index (χ2v) is 5.89. The van der Waals surface area contributed by atoms with Crippen LogP contribution in [0.1, 0.15) is 35.2 Å². The van der Waals surface area contributed by atoms with E-state index in [4.69, 9.17) is 4.42 Å². The summed E-state index contributed by atoms with van der Waals surface area (Å²) in [4.78, 5) is 26.1. The molecule has 1 aromatic heterocycles. The molecule has 0 unspecified atom stereocenters. The van der Waals surface area contributed by atoms with Crippen molar-refractivity contribution < 1.29 is 18.4 Å². The molecule has 24 heavy (non-hydrogen) atoms. The molecule has 0 spiro atoms. The summed E-state index contributed by atoms with van der Waals surface area (Å²) < 4.78 is 17.8. The predicted molar refractivity (Wildman–Crippen MR) is 85.6 cm³/mol. The van der Waals surface area contributed by atoms with Gasteiger partial charge in [0.1, 0.15) is 12.1 Å². The molecule has 0 radical (unpaired) electrons. The van der Waals surface area contributed by atoms with Gasteiger partial charge >= 0.3 is 0 Å². The van der Waals surface area contributed by atoms with Gasteiger partial charge in [-0.05, 0) is 36.6 Å². The first-order valence-corrected chi connectivity index (χ1v) is 7.98. The summed E-state index contributed by atoms with van der Waals surface area (Å²) in [6.45, 7) is 0.724. The Balaban J connectivity index is 1.48. The normalized spacial score (nSPS) is 13.5. The Bertz CT molecular complexity index is 694. The molecule has 2 amide bonds. The van der Waals surface area contributed by atoms with Gasteiger partial charge in [-0.2, -0.15) is 0 Å². The van der Waals surface area contributed by atoms with E-state index in [1.807, 2.05) is 0 Å². The first-order valence-electron chi connectivity index (χ1n) is 7.98. The van der Waals surface area contributed by atoms with Crippen molar-refractivity contribution in [2.45, 2.75) is 31.8 Å². The fourth-order valence-corrected chi connectivity index (χ4v) is 2.50. The highest BCUT2D eigenvalue weighted by molar-refractivity contribution is 5.94. The molecule has 3 rings (SSSR count). The second-order valence-electron chi connectivity index (χ2n) is 5.89. The van der Waals surface area contributed by atoms with Crippen LogP contribution >= 0.6 is 0 Å². The van der Waals surface area contributed by atoms with Crippen molar-refractivity contribution in [2.75, 3.05) is 6.54 Å². The molecular formula is C18H19FN2O3. The van der Waals surface area contributed by atoms with E-state index in [1.54, 1.807) is 23.1 Å². The van der Waals surface area contributed by atoms with Crippen LogP contribution in [0, 0.1) is 5.82 Å². The highest BCUT2D eigenvalue weighted by atomic mass is 19.1. The number of benzene rings is 1. The number of carbonyl (C=O) groups is 2. The van der Waals surface area contributed by atoms with Crippen LogP contribution in [0.4, 0.5) is 4.39 Å². The summed E-state index contributed by atoms with van der Waals surface area (Å²) in [5.74, 6) is -0.537. The van der Waals surface area contributed by atoms with Crippen LogP contribution in [-0.2, 0) is 11.3 Å². The molecule has 1 fully saturated rings. The molecule has 5 nitrogen and oxygen atoms in total. The Morgan fingerprint density at radius 3 is 2.58 bits per heavy atom. The maximum atomic E-state index is 12.8. The summed E-state index contributed by atoms with van der Waals surface area (Å²) in [5, 5.41) is 2.79. The standard InChI is InChI=1S/C18H19FN2O3/c19-15-3-1-13(2-4-15)11-20-17(22)7-9-21(16-5-6-16)18(23)14-8-10-24-12-14/h1-4,8,10,12,16H,5-7,9,11H2,(H,20,22). The van der Waals surface area contributed by atoms with E-state index in [1.165, 1.54) is 24.7 Å². The number of rotatable bonds is 7. The molecule has 1 aliphatic carbocycles. The molecular weight excluding hydrogens is 311 g/mol. The summed E-state index contributed by atoms with van der Waals surface area (Å²) in [7, 11) is 0. The van der Waals surface area contributed by atoms with Crippen molar-refractivity contribution in [1.82, 2.24) is 10.2 Å². The van der Waals surface area contributed by atoms with Gasteiger partial charge in [0.15, 0.2) is 0 Å². The van der Waals surface area contributed by atoms with Crippen LogP contribution in [-0.4, -0.2) is 29.3 Å². The maximum absolute atomic E-state index is 12.8. The fraction of sp³-hybridized carbons (Fsp3) is 0.333. The third-order valence-electron chi connectivity index (χ3n) is 4.00. The van der Waals surface area contributed by atoms with Crippen LogP contribution in [0.3, 0.4) is 0 Å². The number of hydrogen-bond acceptors (Lipinski definition) is 3. The van der Waals surface area contributed by atoms with E-state index < -0.39 is 0 Å². The average Bonchev–Trinajstić information content (AvgIpc) is 3.27. The molecule has 126 valence electrons. The van der Waals surface area contributed by atoms with Crippen LogP contribution in [0.25, 0.3) is 0 Å². The van der Waals surface area contributed by atoms with Gasteiger partial charge in [0.05, 0.1) is 11.8 Å². The van der Waals surface area contributed by atoms with Crippen LogP contribution in [0.5, 0.6) is 0 Å². The summed E-state index contributed by atoms with van der Waals surface area (Å²) in [5.41, 5.74) is 1.34. The minimum Gasteiger partial charge on any atom is -0.472 e. The lowest BCUT2D eigenvalue weighted by Gasteiger charge is -2.21. The van der Waals surface area contributed by atoms with E-state index in [0.717, 1.165) is 18.4 Å². The smallest absolute Gasteiger partial charge is 0.257 e. The zero-order valence-electron chi connectivity index (χ0n) is 13.2. The second kappa shape index (κ2) is 7.29. The van der Waals surface area contributed by atoms with Crippen molar-refractivity contribution in [3.05, 3.63) is 59.8 Å². The van der Waals surface area contributed by atoms with Crippen LogP contribution in [0.2, 0.25) is 0 Å². The van der Waals surface area contributed by atoms with E-state index in [2.05, 4.69) is 5.32 Å². The largest absolute Gasteiger partial charge is 0.472 e. The molecule has 1 aromatic carbocycles. The third-order valence-corrected chi connectivity index (χ3v) is 4.00. The third kappa shape index (κ3) is 4.22. The van der Waals surface area contributed by atoms with Gasteiger partial charge in [-0.25, -0.2) is 4.39 Å². The zero-order chi connectivity index (χ0) is 16.9. The van der Waals surface area contributed by atoms with E-state index in [-0.39, 0.29) is 30.1 Å². The molecule has 1 heterocycles. The van der Waals surface area contributed by atoms with Crippen molar-refractivity contribution in [3.8, 4) is 0 Å². The molecule has 0 atom stereocenters. The summed E-state index contributed by atoms with van der Waals surface area (Å²) in [6.07, 6.45) is 5.07. The Kier molecular flexibility index (Phi) is 4.93. The summed E-state index contributed by atoms with van der Waals surface area (Å²) >= 11 is 0. The Labute approximate surface area is 139 Å². The number of carbonyl (C=O) groups excluding carboxylic acids is 2. The van der Waals surface area contributed by atoms with E-state index in [0.29, 0.717) is 18.7 Å². The first-order chi connectivity index (χ1) is 11.6. The van der Waals surface area contributed by atoms with Crippen LogP contribution < -0.4 is 5.32 Å². The fourth-order valence-electron chi connectivity index (χ4n) is 2.50. The average molecular weight is 330 g/mol. The van der Waals surface area contributed by atoms with Gasteiger partial charge in [-0.15, -0.1) is 0 Å². The molecule has 2 aromatic rings. The number of amides is 2. The van der Waals surface area contributed by atoms with Gasteiger partial charge in [0.25, 0.3) is 5.91 Å². The number of nitrogens with zero attached hydrogens (tertiary/aromatic N) is 1. The van der Waals surface area contributed by atoms with Gasteiger partial charge in [-0.1, -0.05) is 12.1 Å². The number of hydrogen-bond donors (Lipinski definition) is 1. The quantitative estimate of drug-likeness (QED) is 0.849. The highest BCUT2D eigenvalue weighted by Gasteiger charge is 2.33. The van der Waals surface area contributed by atoms with E-state index >= 15 is 0 Å². The zero-order valence-corrected chi connectivity index (χ0v) is 13.2. The lowest BCUT2D eigenvalue weighted by atomic mass is 10.2. The van der Waals surface area contributed by atoms with Crippen molar-refractivity contribution in [3.63, 3.8) is 0 Å². The van der Waals surface area contributed by atoms with Crippen molar-refractivity contribution >= 4 is 11.8 Å². The summed E-state index contributed by atoms with van der Waals surface area (Å²) in [6, 6.07) is 7.84. The van der Waals surface area contributed by atoms with E-state index in [9.17, 15) is 14.0 Å². The maximum Gasteiger partial charge on any atom is 0.257 e. The minimum atomic E-state index is -0.303. The molecule has 0 aliphatic heterocycles. The SMILES string of the molecule is O=C(CCN(C(=O)c1ccoc1)C1CC1)NCc1ccc(F)cc1. The van der Waals surface area contributed by atoms with Gasteiger partial charge < -0.3 is 14.6 Å². The minimum absolute atomic E-state index is 0.0995. The van der Waals surface area contributed by atoms with Crippen molar-refractivity contribution in [2.24, 2.45) is 0 Å². The molecule has 1 saturated carbocycles.